The van der Waals surface area contributed by atoms with E-state index in [4.69, 9.17) is 10.5 Å². The molecule has 1 saturated carbocycles. The van der Waals surface area contributed by atoms with Gasteiger partial charge in [-0.25, -0.2) is 9.78 Å². The minimum atomic E-state index is -0.465. The van der Waals surface area contributed by atoms with Crippen LogP contribution in [0, 0.1) is 5.92 Å². The highest BCUT2D eigenvalue weighted by atomic mass is 16.5. The Labute approximate surface area is 154 Å². The molecule has 1 aliphatic heterocycles. The Kier molecular flexibility index (Phi) is 3.99. The Bertz CT molecular complexity index is 847. The van der Waals surface area contributed by atoms with E-state index in [-0.39, 0.29) is 5.82 Å². The van der Waals surface area contributed by atoms with E-state index in [1.54, 1.807) is 12.3 Å². The van der Waals surface area contributed by atoms with Crippen LogP contribution in [0.4, 0.5) is 5.82 Å². The number of nitrogens with zero attached hydrogens (tertiary/aromatic N) is 2. The smallest absolute Gasteiger partial charge is 0.341 e. The van der Waals surface area contributed by atoms with Gasteiger partial charge >= 0.3 is 5.97 Å². The molecule has 0 spiro atoms. The number of hydrogen-bond donors (Lipinski definition) is 1. The third-order valence-electron chi connectivity index (χ3n) is 6.02. The second-order valence-corrected chi connectivity index (χ2v) is 7.81. The summed E-state index contributed by atoms with van der Waals surface area (Å²) in [5, 5.41) is 0. The van der Waals surface area contributed by atoms with Crippen molar-refractivity contribution in [2.24, 2.45) is 5.92 Å². The zero-order chi connectivity index (χ0) is 18.5. The minimum absolute atomic E-state index is 0.191. The first-order valence-corrected chi connectivity index (χ1v) is 9.13. The van der Waals surface area contributed by atoms with E-state index in [0.29, 0.717) is 17.0 Å². The van der Waals surface area contributed by atoms with Gasteiger partial charge in [-0.1, -0.05) is 24.3 Å². The van der Waals surface area contributed by atoms with E-state index in [1.807, 2.05) is 0 Å². The lowest BCUT2D eigenvalue weighted by molar-refractivity contribution is 0.0601. The summed E-state index contributed by atoms with van der Waals surface area (Å²) in [4.78, 5) is 18.6. The van der Waals surface area contributed by atoms with Gasteiger partial charge in [0.1, 0.15) is 11.4 Å². The summed E-state index contributed by atoms with van der Waals surface area (Å²) in [6, 6.07) is 11.0. The number of fused-ring (bicyclic) bond motifs is 1. The van der Waals surface area contributed by atoms with Gasteiger partial charge in [0.2, 0.25) is 0 Å². The molecule has 1 aromatic heterocycles. The van der Waals surface area contributed by atoms with E-state index >= 15 is 0 Å². The number of carbonyl (C=O) groups excluding carboxylic acids is 1. The molecule has 0 unspecified atom stereocenters. The van der Waals surface area contributed by atoms with E-state index in [9.17, 15) is 4.79 Å². The van der Waals surface area contributed by atoms with Crippen LogP contribution in [-0.2, 0) is 10.2 Å². The number of carbonyl (C=O) groups is 1. The van der Waals surface area contributed by atoms with Gasteiger partial charge in [-0.05, 0) is 43.4 Å². The summed E-state index contributed by atoms with van der Waals surface area (Å²) in [5.41, 5.74) is 9.76. The third-order valence-corrected chi connectivity index (χ3v) is 6.02. The Hall–Kier alpha value is -2.40. The number of methoxy groups -OCH3 is 1. The summed E-state index contributed by atoms with van der Waals surface area (Å²) in [6.07, 6.45) is 3.00. The lowest BCUT2D eigenvalue weighted by Crippen LogP contribution is -2.32. The van der Waals surface area contributed by atoms with Crippen LogP contribution in [0.1, 0.15) is 36.2 Å². The quantitative estimate of drug-likeness (QED) is 0.857. The SMILES string of the molecule is COC(=O)c1cc(-c2ccc([C@@]34C[C@@H]3CN(C(C)C)C4)cc2)cnc1N. The molecule has 0 amide bonds. The number of benzene rings is 1. The molecular formula is C21H25N3O2. The second-order valence-electron chi connectivity index (χ2n) is 7.81. The van der Waals surface area contributed by atoms with Crippen molar-refractivity contribution in [1.29, 1.82) is 0 Å². The molecule has 26 heavy (non-hydrogen) atoms. The minimum Gasteiger partial charge on any atom is -0.465 e. The van der Waals surface area contributed by atoms with Crippen LogP contribution in [0.5, 0.6) is 0 Å². The second kappa shape index (κ2) is 6.09. The fraction of sp³-hybridized carbons (Fsp3) is 0.429. The first-order valence-electron chi connectivity index (χ1n) is 9.13. The standard InChI is InChI=1S/C21H25N3O2/c1-13(2)24-11-17-9-21(17,12-24)16-6-4-14(5-7-16)15-8-18(20(25)26-3)19(22)23-10-15/h4-8,10,13,17H,9,11-12H2,1-3H3,(H2,22,23)/t17-,21+/m1/s1. The fourth-order valence-corrected chi connectivity index (χ4v) is 4.26. The number of anilines is 1. The maximum absolute atomic E-state index is 11.8. The summed E-state index contributed by atoms with van der Waals surface area (Å²) < 4.78 is 4.78. The van der Waals surface area contributed by atoms with E-state index in [0.717, 1.165) is 23.6 Å². The predicted octanol–water partition coefficient (Wildman–Crippen LogP) is 3.10. The molecule has 1 aromatic carbocycles. The first kappa shape index (κ1) is 17.0. The molecule has 2 aliphatic rings. The van der Waals surface area contributed by atoms with Gasteiger partial charge in [0.05, 0.1) is 7.11 Å². The lowest BCUT2D eigenvalue weighted by Gasteiger charge is -2.24. The number of hydrogen-bond acceptors (Lipinski definition) is 5. The van der Waals surface area contributed by atoms with Gasteiger partial charge in [-0.15, -0.1) is 0 Å². The molecule has 5 nitrogen and oxygen atoms in total. The monoisotopic (exact) mass is 351 g/mol. The number of nitrogens with two attached hydrogens (primary N) is 1. The molecular weight excluding hydrogens is 326 g/mol. The molecule has 136 valence electrons. The van der Waals surface area contributed by atoms with Crippen LogP contribution < -0.4 is 5.73 Å². The van der Waals surface area contributed by atoms with Gasteiger partial charge in [-0.3, -0.25) is 4.90 Å². The van der Waals surface area contributed by atoms with Crippen LogP contribution in [-0.4, -0.2) is 42.1 Å². The number of ether oxygens (including phenoxy) is 1. The Morgan fingerprint density at radius 2 is 2.04 bits per heavy atom. The molecule has 0 radical (unpaired) electrons. The van der Waals surface area contributed by atoms with Gasteiger partial charge in [-0.2, -0.15) is 0 Å². The average molecular weight is 351 g/mol. The number of nitrogen functional groups attached to an aromatic ring is 1. The van der Waals surface area contributed by atoms with Gasteiger partial charge in [0.25, 0.3) is 0 Å². The van der Waals surface area contributed by atoms with Crippen LogP contribution in [0.25, 0.3) is 11.1 Å². The zero-order valence-corrected chi connectivity index (χ0v) is 15.5. The molecule has 4 rings (SSSR count). The lowest BCUT2D eigenvalue weighted by atomic mass is 9.93. The van der Waals surface area contributed by atoms with Gasteiger partial charge < -0.3 is 10.5 Å². The Balaban J connectivity index is 1.59. The number of piperidine rings is 1. The first-order chi connectivity index (χ1) is 12.4. The largest absolute Gasteiger partial charge is 0.465 e. The van der Waals surface area contributed by atoms with E-state index in [1.165, 1.54) is 25.6 Å². The van der Waals surface area contributed by atoms with Crippen LogP contribution in [0.2, 0.25) is 0 Å². The van der Waals surface area contributed by atoms with E-state index in [2.05, 4.69) is 48.0 Å². The maximum atomic E-state index is 11.8. The number of pyridine rings is 1. The maximum Gasteiger partial charge on any atom is 0.341 e. The summed E-state index contributed by atoms with van der Waals surface area (Å²) in [7, 11) is 1.34. The number of rotatable bonds is 4. The summed E-state index contributed by atoms with van der Waals surface area (Å²) in [5.74, 6) is 0.518. The Morgan fingerprint density at radius 1 is 1.31 bits per heavy atom. The Morgan fingerprint density at radius 3 is 2.65 bits per heavy atom. The number of esters is 1. The summed E-state index contributed by atoms with van der Waals surface area (Å²) >= 11 is 0. The zero-order valence-electron chi connectivity index (χ0n) is 15.5. The van der Waals surface area contributed by atoms with Gasteiger partial charge in [0, 0.05) is 36.3 Å². The van der Waals surface area contributed by atoms with Crippen molar-refractivity contribution >= 4 is 11.8 Å². The number of likely N-dealkylation sites (tertiary alicyclic amines) is 1. The van der Waals surface area contributed by atoms with Crippen molar-refractivity contribution in [3.63, 3.8) is 0 Å². The molecule has 5 heteroatoms. The number of aromatic nitrogens is 1. The van der Waals surface area contributed by atoms with E-state index < -0.39 is 5.97 Å². The predicted molar refractivity (Wildman–Crippen MR) is 102 cm³/mol. The highest BCUT2D eigenvalue weighted by Crippen LogP contribution is 2.59. The average Bonchev–Trinajstić information content (AvgIpc) is 3.22. The molecule has 2 fully saturated rings. The van der Waals surface area contributed by atoms with Crippen LogP contribution in [0.15, 0.2) is 36.5 Å². The van der Waals surface area contributed by atoms with Crippen LogP contribution >= 0.6 is 0 Å². The third kappa shape index (κ3) is 2.67. The van der Waals surface area contributed by atoms with Crippen molar-refractivity contribution in [2.75, 3.05) is 25.9 Å². The normalized spacial score (nSPS) is 24.5. The van der Waals surface area contributed by atoms with Crippen molar-refractivity contribution in [1.82, 2.24) is 9.88 Å². The molecule has 2 heterocycles. The molecule has 1 aliphatic carbocycles. The topological polar surface area (TPSA) is 68.5 Å². The molecule has 0 bridgehead atoms. The molecule has 1 saturated heterocycles. The summed E-state index contributed by atoms with van der Waals surface area (Å²) in [6.45, 7) is 6.91. The van der Waals surface area contributed by atoms with Crippen molar-refractivity contribution < 1.29 is 9.53 Å². The van der Waals surface area contributed by atoms with Crippen LogP contribution in [0.3, 0.4) is 0 Å². The van der Waals surface area contributed by atoms with Crippen molar-refractivity contribution in [3.05, 3.63) is 47.7 Å². The van der Waals surface area contributed by atoms with Crippen molar-refractivity contribution in [3.8, 4) is 11.1 Å². The molecule has 2 aromatic rings. The molecule has 2 atom stereocenters. The highest BCUT2D eigenvalue weighted by molar-refractivity contribution is 5.95. The highest BCUT2D eigenvalue weighted by Gasteiger charge is 2.60. The fourth-order valence-electron chi connectivity index (χ4n) is 4.26. The van der Waals surface area contributed by atoms with Gasteiger partial charge in [0.15, 0.2) is 0 Å². The molecule has 2 N–H and O–H groups in total. The van der Waals surface area contributed by atoms with Crippen molar-refractivity contribution in [2.45, 2.75) is 31.7 Å².